The Morgan fingerprint density at radius 3 is 2.60 bits per heavy atom. The molecular formula is C21H15Cl2N3O4. The fourth-order valence-corrected chi connectivity index (χ4v) is 3.71. The van der Waals surface area contributed by atoms with E-state index in [1.807, 2.05) is 18.2 Å². The zero-order valence-electron chi connectivity index (χ0n) is 15.7. The lowest BCUT2D eigenvalue weighted by Gasteiger charge is -2.12. The van der Waals surface area contributed by atoms with Crippen LogP contribution in [-0.2, 0) is 12.8 Å². The van der Waals surface area contributed by atoms with Gasteiger partial charge in [-0.15, -0.1) is 0 Å². The molecule has 0 spiro atoms. The van der Waals surface area contributed by atoms with Crippen LogP contribution in [0.15, 0.2) is 51.9 Å². The third-order valence-corrected chi connectivity index (χ3v) is 5.09. The number of Topliss-reactive ketones (excluding diaryl/α,β-unsaturated/α-hetero) is 1. The summed E-state index contributed by atoms with van der Waals surface area (Å²) in [6.45, 7) is 2.07. The predicted molar refractivity (Wildman–Crippen MR) is 113 cm³/mol. The third-order valence-electron chi connectivity index (χ3n) is 4.53. The van der Waals surface area contributed by atoms with E-state index in [1.54, 1.807) is 24.4 Å². The van der Waals surface area contributed by atoms with Crippen LogP contribution >= 0.6 is 23.2 Å². The van der Waals surface area contributed by atoms with Gasteiger partial charge in [-0.25, -0.2) is 4.79 Å². The number of nitrogens with zero attached hydrogens (tertiary/aromatic N) is 2. The molecule has 9 heteroatoms. The van der Waals surface area contributed by atoms with Crippen LogP contribution in [0.2, 0.25) is 10.0 Å². The largest absolute Gasteiger partial charge is 0.454 e. The number of rotatable bonds is 6. The van der Waals surface area contributed by atoms with Crippen molar-refractivity contribution in [2.45, 2.75) is 19.8 Å². The lowest BCUT2D eigenvalue weighted by atomic mass is 10.1. The quantitative estimate of drug-likeness (QED) is 0.421. The van der Waals surface area contributed by atoms with Gasteiger partial charge in [0, 0.05) is 18.0 Å². The molecule has 1 N–H and O–H groups in total. The summed E-state index contributed by atoms with van der Waals surface area (Å²) >= 11 is 12.7. The number of halogens is 2. The van der Waals surface area contributed by atoms with Gasteiger partial charge in [-0.3, -0.25) is 19.3 Å². The Morgan fingerprint density at radius 2 is 1.93 bits per heavy atom. The number of carbonyl (C=O) groups is 1. The van der Waals surface area contributed by atoms with E-state index in [0.717, 1.165) is 22.9 Å². The normalized spacial score (nSPS) is 11.0. The first kappa shape index (κ1) is 20.1. The SMILES string of the molecule is CCc1ccnc2ccc(Oc3c(Cl)cc(CC(=O)c4noc(=O)[nH]4)cc3Cl)cc12. The maximum atomic E-state index is 12.2. The molecular weight excluding hydrogens is 429 g/mol. The molecule has 0 bridgehead atoms. The van der Waals surface area contributed by atoms with E-state index >= 15 is 0 Å². The van der Waals surface area contributed by atoms with Crippen LogP contribution in [0, 0.1) is 0 Å². The van der Waals surface area contributed by atoms with E-state index in [0.29, 0.717) is 11.3 Å². The molecule has 0 radical (unpaired) electrons. The predicted octanol–water partition coefficient (Wildman–Crippen LogP) is 5.00. The van der Waals surface area contributed by atoms with E-state index in [2.05, 4.69) is 26.6 Å². The zero-order valence-corrected chi connectivity index (χ0v) is 17.3. The van der Waals surface area contributed by atoms with Gasteiger partial charge < -0.3 is 4.74 Å². The number of benzene rings is 2. The fraction of sp³-hybridized carbons (Fsp3) is 0.143. The summed E-state index contributed by atoms with van der Waals surface area (Å²) in [4.78, 5) is 29.8. The number of ether oxygens (including phenoxy) is 1. The Balaban J connectivity index is 1.60. The summed E-state index contributed by atoms with van der Waals surface area (Å²) in [6, 6.07) is 10.7. The highest BCUT2D eigenvalue weighted by atomic mass is 35.5. The first-order valence-electron chi connectivity index (χ1n) is 9.07. The highest BCUT2D eigenvalue weighted by molar-refractivity contribution is 6.37. The molecule has 4 rings (SSSR count). The molecule has 0 fully saturated rings. The monoisotopic (exact) mass is 443 g/mol. The maximum Gasteiger partial charge on any atom is 0.439 e. The van der Waals surface area contributed by atoms with Crippen molar-refractivity contribution in [2.24, 2.45) is 0 Å². The maximum absolute atomic E-state index is 12.2. The molecule has 0 aliphatic rings. The minimum Gasteiger partial charge on any atom is -0.454 e. The third kappa shape index (κ3) is 4.08. The number of aromatic nitrogens is 3. The van der Waals surface area contributed by atoms with Gasteiger partial charge in [0.05, 0.1) is 15.6 Å². The van der Waals surface area contributed by atoms with Crippen LogP contribution in [0.3, 0.4) is 0 Å². The number of aryl methyl sites for hydroxylation is 1. The Bertz CT molecular complexity index is 1290. The molecule has 152 valence electrons. The second-order valence-electron chi connectivity index (χ2n) is 6.54. The number of carbonyl (C=O) groups excluding carboxylic acids is 1. The Labute approximate surface area is 180 Å². The molecule has 0 atom stereocenters. The number of hydrogen-bond donors (Lipinski definition) is 1. The van der Waals surface area contributed by atoms with Crippen molar-refractivity contribution in [1.29, 1.82) is 0 Å². The highest BCUT2D eigenvalue weighted by Gasteiger charge is 2.17. The number of aromatic amines is 1. The Kier molecular flexibility index (Phi) is 5.57. The average molecular weight is 444 g/mol. The van der Waals surface area contributed by atoms with Gasteiger partial charge in [0.15, 0.2) is 5.75 Å². The number of nitrogens with one attached hydrogen (secondary N) is 1. The number of hydrogen-bond acceptors (Lipinski definition) is 6. The molecule has 2 aromatic carbocycles. The van der Waals surface area contributed by atoms with E-state index in [9.17, 15) is 9.59 Å². The first-order chi connectivity index (χ1) is 14.4. The Hall–Kier alpha value is -3.16. The molecule has 0 saturated carbocycles. The summed E-state index contributed by atoms with van der Waals surface area (Å²) in [7, 11) is 0. The molecule has 2 heterocycles. The summed E-state index contributed by atoms with van der Waals surface area (Å²) in [5.74, 6) is -0.543. The molecule has 7 nitrogen and oxygen atoms in total. The first-order valence-corrected chi connectivity index (χ1v) is 9.83. The van der Waals surface area contributed by atoms with E-state index in [-0.39, 0.29) is 28.0 Å². The van der Waals surface area contributed by atoms with Crippen LogP contribution in [0.25, 0.3) is 10.9 Å². The van der Waals surface area contributed by atoms with E-state index in [1.165, 1.54) is 0 Å². The summed E-state index contributed by atoms with van der Waals surface area (Å²) in [5, 5.41) is 4.88. The van der Waals surface area contributed by atoms with Crippen LogP contribution < -0.4 is 10.5 Å². The minimum absolute atomic E-state index is 0.0658. The van der Waals surface area contributed by atoms with Crippen molar-refractivity contribution in [3.8, 4) is 11.5 Å². The topological polar surface area (TPSA) is 98.1 Å². The summed E-state index contributed by atoms with van der Waals surface area (Å²) < 4.78 is 10.3. The molecule has 2 aromatic heterocycles. The van der Waals surface area contributed by atoms with Crippen molar-refractivity contribution < 1.29 is 14.1 Å². The lowest BCUT2D eigenvalue weighted by Crippen LogP contribution is -2.08. The van der Waals surface area contributed by atoms with Gasteiger partial charge in [0.25, 0.3) is 0 Å². The number of H-pyrrole nitrogens is 1. The lowest BCUT2D eigenvalue weighted by molar-refractivity contribution is 0.0980. The van der Waals surface area contributed by atoms with Gasteiger partial charge in [0.2, 0.25) is 11.6 Å². The average Bonchev–Trinajstić information content (AvgIpc) is 3.16. The standard InChI is InChI=1S/C21H15Cl2N3O4/c1-2-12-5-6-24-17-4-3-13(10-14(12)17)29-19-15(22)7-11(8-16(19)23)9-18(27)20-25-21(28)30-26-20/h3-8,10H,2,9H2,1H3,(H,25,26,28). The van der Waals surface area contributed by atoms with Crippen molar-refractivity contribution in [2.75, 3.05) is 0 Å². The number of pyridine rings is 1. The van der Waals surface area contributed by atoms with Crippen LogP contribution in [0.1, 0.15) is 28.7 Å². The van der Waals surface area contributed by atoms with Gasteiger partial charge in [-0.2, -0.15) is 0 Å². The van der Waals surface area contributed by atoms with Gasteiger partial charge in [0.1, 0.15) is 5.75 Å². The molecule has 4 aromatic rings. The molecule has 0 aliphatic carbocycles. The zero-order chi connectivity index (χ0) is 21.3. The highest BCUT2D eigenvalue weighted by Crippen LogP contribution is 2.38. The molecule has 0 amide bonds. The fourth-order valence-electron chi connectivity index (χ4n) is 3.10. The number of ketones is 1. The second kappa shape index (κ2) is 8.30. The van der Waals surface area contributed by atoms with Crippen molar-refractivity contribution in [3.05, 3.63) is 80.1 Å². The van der Waals surface area contributed by atoms with Crippen molar-refractivity contribution in [1.82, 2.24) is 15.1 Å². The molecule has 0 aliphatic heterocycles. The van der Waals surface area contributed by atoms with Gasteiger partial charge >= 0.3 is 5.76 Å². The molecule has 0 saturated heterocycles. The van der Waals surface area contributed by atoms with E-state index in [4.69, 9.17) is 27.9 Å². The summed E-state index contributed by atoms with van der Waals surface area (Å²) in [6.07, 6.45) is 2.58. The Morgan fingerprint density at radius 1 is 1.17 bits per heavy atom. The molecule has 30 heavy (non-hydrogen) atoms. The van der Waals surface area contributed by atoms with Crippen LogP contribution in [0.5, 0.6) is 11.5 Å². The van der Waals surface area contributed by atoms with Crippen LogP contribution in [0.4, 0.5) is 0 Å². The second-order valence-corrected chi connectivity index (χ2v) is 7.35. The summed E-state index contributed by atoms with van der Waals surface area (Å²) in [5.41, 5.74) is 2.57. The van der Waals surface area contributed by atoms with Gasteiger partial charge in [-0.05, 0) is 53.9 Å². The number of fused-ring (bicyclic) bond motifs is 1. The van der Waals surface area contributed by atoms with Crippen LogP contribution in [-0.4, -0.2) is 20.9 Å². The van der Waals surface area contributed by atoms with Crippen molar-refractivity contribution in [3.63, 3.8) is 0 Å². The smallest absolute Gasteiger partial charge is 0.439 e. The minimum atomic E-state index is -0.796. The van der Waals surface area contributed by atoms with Gasteiger partial charge in [-0.1, -0.05) is 35.3 Å². The molecule has 0 unspecified atom stereocenters. The van der Waals surface area contributed by atoms with Crippen molar-refractivity contribution >= 4 is 39.9 Å². The van der Waals surface area contributed by atoms with E-state index < -0.39 is 11.5 Å².